The van der Waals surface area contributed by atoms with Gasteiger partial charge in [-0.15, -0.1) is 0 Å². The molecular weight excluding hydrogens is 302 g/mol. The van der Waals surface area contributed by atoms with Crippen molar-refractivity contribution in [2.24, 2.45) is 10.9 Å². The van der Waals surface area contributed by atoms with Gasteiger partial charge in [0.15, 0.2) is 5.96 Å². The molecule has 0 saturated carbocycles. The largest absolute Gasteiger partial charge is 0.376 e. The zero-order chi connectivity index (χ0) is 17.4. The number of hydrogen-bond donors (Lipinski definition) is 2. The Bertz CT molecular complexity index is 374. The molecule has 2 aliphatic heterocycles. The van der Waals surface area contributed by atoms with Crippen LogP contribution in [0.15, 0.2) is 4.99 Å². The van der Waals surface area contributed by atoms with Crippen LogP contribution in [0.25, 0.3) is 0 Å². The van der Waals surface area contributed by atoms with Gasteiger partial charge in [0, 0.05) is 51.9 Å². The molecule has 2 unspecified atom stereocenters. The van der Waals surface area contributed by atoms with E-state index in [0.29, 0.717) is 18.1 Å². The quantitative estimate of drug-likeness (QED) is 0.535. The standard InChI is InChI=1S/C18H37N5O/c1-5-19-18(20-13-16-7-6-12-24-16)21-14-17(15(2)3)23-10-8-22(4)9-11-23/h15-17H,5-14H2,1-4H3,(H2,19,20,21). The third-order valence-corrected chi connectivity index (χ3v) is 5.08. The molecule has 0 aliphatic carbocycles. The van der Waals surface area contributed by atoms with E-state index < -0.39 is 0 Å². The molecule has 24 heavy (non-hydrogen) atoms. The summed E-state index contributed by atoms with van der Waals surface area (Å²) in [6.45, 7) is 14.8. The predicted octanol–water partition coefficient (Wildman–Crippen LogP) is 0.993. The first-order valence-corrected chi connectivity index (χ1v) is 9.66. The number of hydrogen-bond acceptors (Lipinski definition) is 4. The van der Waals surface area contributed by atoms with E-state index >= 15 is 0 Å². The summed E-state index contributed by atoms with van der Waals surface area (Å²) >= 11 is 0. The van der Waals surface area contributed by atoms with Crippen LogP contribution in [0.2, 0.25) is 0 Å². The van der Waals surface area contributed by atoms with Crippen LogP contribution in [0, 0.1) is 5.92 Å². The van der Waals surface area contributed by atoms with Gasteiger partial charge in [0.25, 0.3) is 0 Å². The van der Waals surface area contributed by atoms with Gasteiger partial charge in [0.05, 0.1) is 12.6 Å². The Balaban J connectivity index is 1.87. The van der Waals surface area contributed by atoms with Crippen LogP contribution in [-0.2, 0) is 4.74 Å². The normalized spacial score (nSPS) is 25.2. The number of nitrogens with zero attached hydrogens (tertiary/aromatic N) is 3. The molecule has 0 aromatic rings. The fourth-order valence-corrected chi connectivity index (χ4v) is 3.44. The van der Waals surface area contributed by atoms with Crippen molar-refractivity contribution in [1.29, 1.82) is 0 Å². The highest BCUT2D eigenvalue weighted by Gasteiger charge is 2.25. The van der Waals surface area contributed by atoms with Crippen LogP contribution in [0.1, 0.15) is 33.6 Å². The van der Waals surface area contributed by atoms with Crippen LogP contribution < -0.4 is 10.6 Å². The topological polar surface area (TPSA) is 52.1 Å². The predicted molar refractivity (Wildman–Crippen MR) is 101 cm³/mol. The Morgan fingerprint density at radius 1 is 1.21 bits per heavy atom. The van der Waals surface area contributed by atoms with Gasteiger partial charge in [0.2, 0.25) is 0 Å². The van der Waals surface area contributed by atoms with Crippen LogP contribution in [-0.4, -0.2) is 87.4 Å². The second-order valence-electron chi connectivity index (χ2n) is 7.39. The highest BCUT2D eigenvalue weighted by molar-refractivity contribution is 5.79. The van der Waals surface area contributed by atoms with Crippen LogP contribution in [0.3, 0.4) is 0 Å². The summed E-state index contributed by atoms with van der Waals surface area (Å²) in [5, 5.41) is 6.82. The number of nitrogens with one attached hydrogen (secondary N) is 2. The Hall–Kier alpha value is -0.850. The molecule has 2 fully saturated rings. The van der Waals surface area contributed by atoms with Crippen molar-refractivity contribution in [1.82, 2.24) is 20.4 Å². The minimum atomic E-state index is 0.340. The molecule has 6 nitrogen and oxygen atoms in total. The molecule has 2 rings (SSSR count). The van der Waals surface area contributed by atoms with E-state index in [1.54, 1.807) is 0 Å². The second-order valence-corrected chi connectivity index (χ2v) is 7.39. The van der Waals surface area contributed by atoms with Crippen LogP contribution >= 0.6 is 0 Å². The van der Waals surface area contributed by atoms with Gasteiger partial charge >= 0.3 is 0 Å². The van der Waals surface area contributed by atoms with Crippen molar-refractivity contribution >= 4 is 5.96 Å². The first kappa shape index (κ1) is 19.5. The zero-order valence-corrected chi connectivity index (χ0v) is 16.1. The van der Waals surface area contributed by atoms with Crippen molar-refractivity contribution in [3.05, 3.63) is 0 Å². The summed E-state index contributed by atoms with van der Waals surface area (Å²) in [6, 6.07) is 0.511. The van der Waals surface area contributed by atoms with Gasteiger partial charge in [-0.1, -0.05) is 13.8 Å². The first-order valence-electron chi connectivity index (χ1n) is 9.66. The van der Waals surface area contributed by atoms with E-state index in [0.717, 1.165) is 64.8 Å². The van der Waals surface area contributed by atoms with Crippen molar-refractivity contribution in [2.45, 2.75) is 45.8 Å². The molecule has 0 amide bonds. The fourth-order valence-electron chi connectivity index (χ4n) is 3.44. The lowest BCUT2D eigenvalue weighted by Gasteiger charge is -2.39. The Kier molecular flexibility index (Phi) is 8.29. The van der Waals surface area contributed by atoms with Gasteiger partial charge in [0.1, 0.15) is 0 Å². The van der Waals surface area contributed by atoms with Crippen molar-refractivity contribution in [3.8, 4) is 0 Å². The number of aliphatic imine (C=N–C) groups is 1. The number of guanidine groups is 1. The number of likely N-dealkylation sites (N-methyl/N-ethyl adjacent to an activating group) is 1. The van der Waals surface area contributed by atoms with E-state index in [9.17, 15) is 0 Å². The van der Waals surface area contributed by atoms with Gasteiger partial charge in [-0.3, -0.25) is 9.89 Å². The molecular formula is C18H37N5O. The Morgan fingerprint density at radius 2 is 1.96 bits per heavy atom. The molecule has 0 spiro atoms. The summed E-state index contributed by atoms with van der Waals surface area (Å²) in [6.07, 6.45) is 2.67. The van der Waals surface area contributed by atoms with Gasteiger partial charge in [-0.05, 0) is 32.7 Å². The minimum absolute atomic E-state index is 0.340. The molecule has 2 saturated heterocycles. The zero-order valence-electron chi connectivity index (χ0n) is 16.1. The summed E-state index contributed by atoms with van der Waals surface area (Å²) in [7, 11) is 2.21. The molecule has 6 heteroatoms. The minimum Gasteiger partial charge on any atom is -0.376 e. The smallest absolute Gasteiger partial charge is 0.191 e. The SMILES string of the molecule is CCNC(=NCC(C(C)C)N1CCN(C)CC1)NCC1CCCO1. The highest BCUT2D eigenvalue weighted by Crippen LogP contribution is 2.14. The fraction of sp³-hybridized carbons (Fsp3) is 0.944. The third kappa shape index (κ3) is 6.22. The lowest BCUT2D eigenvalue weighted by atomic mass is 10.0. The molecule has 0 aromatic carbocycles. The molecule has 0 aromatic heterocycles. The molecule has 0 radical (unpaired) electrons. The van der Waals surface area contributed by atoms with Crippen molar-refractivity contribution < 1.29 is 4.74 Å². The Morgan fingerprint density at radius 3 is 2.54 bits per heavy atom. The average molecular weight is 340 g/mol. The second kappa shape index (κ2) is 10.2. The molecule has 2 heterocycles. The van der Waals surface area contributed by atoms with E-state index in [1.807, 2.05) is 0 Å². The first-order chi connectivity index (χ1) is 11.6. The lowest BCUT2D eigenvalue weighted by Crippen LogP contribution is -2.52. The van der Waals surface area contributed by atoms with E-state index in [1.165, 1.54) is 6.42 Å². The third-order valence-electron chi connectivity index (χ3n) is 5.08. The number of ether oxygens (including phenoxy) is 1. The summed E-state index contributed by atoms with van der Waals surface area (Å²) in [4.78, 5) is 9.89. The maximum Gasteiger partial charge on any atom is 0.191 e. The van der Waals surface area contributed by atoms with Crippen molar-refractivity contribution in [3.63, 3.8) is 0 Å². The summed E-state index contributed by atoms with van der Waals surface area (Å²) < 4.78 is 5.69. The van der Waals surface area contributed by atoms with Crippen LogP contribution in [0.5, 0.6) is 0 Å². The number of rotatable bonds is 7. The van der Waals surface area contributed by atoms with E-state index in [2.05, 4.69) is 48.3 Å². The Labute approximate surface area is 148 Å². The molecule has 2 atom stereocenters. The average Bonchev–Trinajstić information content (AvgIpc) is 3.07. The molecule has 2 aliphatic rings. The van der Waals surface area contributed by atoms with Gasteiger partial charge in [-0.25, -0.2) is 0 Å². The number of piperazine rings is 1. The molecule has 140 valence electrons. The van der Waals surface area contributed by atoms with Crippen molar-refractivity contribution in [2.75, 3.05) is 59.5 Å². The molecule has 0 bridgehead atoms. The van der Waals surface area contributed by atoms with Gasteiger partial charge in [-0.2, -0.15) is 0 Å². The summed E-state index contributed by atoms with van der Waals surface area (Å²) in [5.41, 5.74) is 0. The lowest BCUT2D eigenvalue weighted by molar-refractivity contribution is 0.0924. The maximum atomic E-state index is 5.69. The van der Waals surface area contributed by atoms with Gasteiger partial charge < -0.3 is 20.3 Å². The molecule has 2 N–H and O–H groups in total. The summed E-state index contributed by atoms with van der Waals surface area (Å²) in [5.74, 6) is 1.53. The monoisotopic (exact) mass is 339 g/mol. The highest BCUT2D eigenvalue weighted by atomic mass is 16.5. The van der Waals surface area contributed by atoms with Crippen LogP contribution in [0.4, 0.5) is 0 Å². The maximum absolute atomic E-state index is 5.69. The van der Waals surface area contributed by atoms with E-state index in [4.69, 9.17) is 9.73 Å². The van der Waals surface area contributed by atoms with E-state index in [-0.39, 0.29) is 0 Å².